The van der Waals surface area contributed by atoms with Crippen LogP contribution in [0.5, 0.6) is 0 Å². The monoisotopic (exact) mass is 223 g/mol. The number of nitrogens with zero attached hydrogens (tertiary/aromatic N) is 1. The van der Waals surface area contributed by atoms with Crippen molar-refractivity contribution in [2.24, 2.45) is 5.73 Å². The fourth-order valence-electron chi connectivity index (χ4n) is 1.09. The summed E-state index contributed by atoms with van der Waals surface area (Å²) in [6.45, 7) is 0.417. The normalized spacial score (nSPS) is 9.56. The summed E-state index contributed by atoms with van der Waals surface area (Å²) in [6.07, 6.45) is 1.72. The van der Waals surface area contributed by atoms with Crippen LogP contribution in [-0.4, -0.2) is 30.5 Å². The molecule has 3 N–H and O–H groups in total. The van der Waals surface area contributed by atoms with Crippen molar-refractivity contribution in [3.8, 4) is 0 Å². The SMILES string of the molecule is COC(=O)c1cc(NCCC(N)=O)ccn1. The third-order valence-electron chi connectivity index (χ3n) is 1.85. The number of rotatable bonds is 5. The van der Waals surface area contributed by atoms with E-state index in [2.05, 4.69) is 15.0 Å². The smallest absolute Gasteiger partial charge is 0.356 e. The minimum atomic E-state index is -0.501. The lowest BCUT2D eigenvalue weighted by atomic mass is 10.3. The number of amides is 1. The molecule has 6 nitrogen and oxygen atoms in total. The van der Waals surface area contributed by atoms with Crippen LogP contribution in [0.2, 0.25) is 0 Å². The van der Waals surface area contributed by atoms with Crippen molar-refractivity contribution in [3.05, 3.63) is 24.0 Å². The van der Waals surface area contributed by atoms with Gasteiger partial charge in [0.15, 0.2) is 0 Å². The first-order chi connectivity index (χ1) is 7.63. The highest BCUT2D eigenvalue weighted by Crippen LogP contribution is 2.08. The van der Waals surface area contributed by atoms with Crippen LogP contribution in [0.1, 0.15) is 16.9 Å². The Morgan fingerprint density at radius 1 is 1.56 bits per heavy atom. The Morgan fingerprint density at radius 3 is 2.94 bits per heavy atom. The van der Waals surface area contributed by atoms with E-state index in [0.29, 0.717) is 12.2 Å². The number of anilines is 1. The Hall–Kier alpha value is -2.11. The summed E-state index contributed by atoms with van der Waals surface area (Å²) in [4.78, 5) is 25.5. The zero-order chi connectivity index (χ0) is 12.0. The number of nitrogens with two attached hydrogens (primary N) is 1. The molecule has 0 unspecified atom stereocenters. The van der Waals surface area contributed by atoms with Gasteiger partial charge in [0.1, 0.15) is 5.69 Å². The number of methoxy groups -OCH3 is 1. The molecular formula is C10H13N3O3. The van der Waals surface area contributed by atoms with E-state index in [9.17, 15) is 9.59 Å². The van der Waals surface area contributed by atoms with Gasteiger partial charge in [-0.2, -0.15) is 0 Å². The van der Waals surface area contributed by atoms with Crippen LogP contribution in [0.4, 0.5) is 5.69 Å². The van der Waals surface area contributed by atoms with Gasteiger partial charge < -0.3 is 15.8 Å². The molecule has 0 bridgehead atoms. The van der Waals surface area contributed by atoms with Gasteiger partial charge in [0.25, 0.3) is 0 Å². The molecule has 0 aliphatic heterocycles. The van der Waals surface area contributed by atoms with Gasteiger partial charge in [-0.25, -0.2) is 9.78 Å². The predicted molar refractivity (Wildman–Crippen MR) is 57.9 cm³/mol. The molecule has 1 heterocycles. The van der Waals surface area contributed by atoms with Gasteiger partial charge >= 0.3 is 5.97 Å². The van der Waals surface area contributed by atoms with Crippen molar-refractivity contribution in [2.75, 3.05) is 19.0 Å². The Kier molecular flexibility index (Phi) is 4.26. The van der Waals surface area contributed by atoms with Crippen LogP contribution < -0.4 is 11.1 Å². The maximum atomic E-state index is 11.2. The average molecular weight is 223 g/mol. The van der Waals surface area contributed by atoms with Crippen molar-refractivity contribution in [2.45, 2.75) is 6.42 Å². The van der Waals surface area contributed by atoms with E-state index in [4.69, 9.17) is 5.73 Å². The number of primary amides is 1. The summed E-state index contributed by atoms with van der Waals surface area (Å²) in [7, 11) is 1.29. The second-order valence-electron chi connectivity index (χ2n) is 3.06. The first-order valence-electron chi connectivity index (χ1n) is 4.70. The Labute approximate surface area is 92.8 Å². The topological polar surface area (TPSA) is 94.3 Å². The lowest BCUT2D eigenvalue weighted by Crippen LogP contribution is -2.16. The number of hydrogen-bond donors (Lipinski definition) is 2. The van der Waals surface area contributed by atoms with Gasteiger partial charge in [0.2, 0.25) is 5.91 Å². The van der Waals surface area contributed by atoms with Crippen LogP contribution >= 0.6 is 0 Å². The number of carbonyl (C=O) groups excluding carboxylic acids is 2. The minimum Gasteiger partial charge on any atom is -0.464 e. The molecule has 0 spiro atoms. The number of nitrogens with one attached hydrogen (secondary N) is 1. The van der Waals surface area contributed by atoms with Crippen LogP contribution in [0.3, 0.4) is 0 Å². The highest BCUT2D eigenvalue weighted by Gasteiger charge is 2.07. The van der Waals surface area contributed by atoms with Gasteiger partial charge in [-0.05, 0) is 12.1 Å². The molecule has 0 fully saturated rings. The molecule has 1 aromatic heterocycles. The molecule has 1 aromatic rings. The molecule has 0 aromatic carbocycles. The van der Waals surface area contributed by atoms with Gasteiger partial charge in [0, 0.05) is 24.8 Å². The molecule has 0 atom stereocenters. The van der Waals surface area contributed by atoms with E-state index in [1.165, 1.54) is 13.3 Å². The maximum Gasteiger partial charge on any atom is 0.356 e. The molecule has 0 aliphatic rings. The van der Waals surface area contributed by atoms with E-state index >= 15 is 0 Å². The summed E-state index contributed by atoms with van der Waals surface area (Å²) in [6, 6.07) is 3.24. The Morgan fingerprint density at radius 2 is 2.31 bits per heavy atom. The summed E-state index contributed by atoms with van der Waals surface area (Å²) in [5.41, 5.74) is 5.90. The first-order valence-corrected chi connectivity index (χ1v) is 4.70. The van der Waals surface area contributed by atoms with Gasteiger partial charge in [-0.15, -0.1) is 0 Å². The van der Waals surface area contributed by atoms with Crippen LogP contribution in [0, 0.1) is 0 Å². The van der Waals surface area contributed by atoms with Crippen molar-refractivity contribution in [3.63, 3.8) is 0 Å². The number of esters is 1. The molecule has 16 heavy (non-hydrogen) atoms. The average Bonchev–Trinajstić information content (AvgIpc) is 2.28. The number of pyridine rings is 1. The second kappa shape index (κ2) is 5.69. The Bertz CT molecular complexity index is 393. The number of ether oxygens (including phenoxy) is 1. The number of aromatic nitrogens is 1. The molecule has 0 saturated carbocycles. The lowest BCUT2D eigenvalue weighted by molar-refractivity contribution is -0.117. The van der Waals surface area contributed by atoms with Crippen LogP contribution in [-0.2, 0) is 9.53 Å². The molecular weight excluding hydrogens is 210 g/mol. The summed E-state index contributed by atoms with van der Waals surface area (Å²) in [5, 5.41) is 2.95. The third-order valence-corrected chi connectivity index (χ3v) is 1.85. The van der Waals surface area contributed by atoms with Gasteiger partial charge in [0.05, 0.1) is 7.11 Å². The van der Waals surface area contributed by atoms with Crippen molar-refractivity contribution in [1.29, 1.82) is 0 Å². The fourth-order valence-corrected chi connectivity index (χ4v) is 1.09. The zero-order valence-electron chi connectivity index (χ0n) is 8.90. The quantitative estimate of drug-likeness (QED) is 0.693. The molecule has 86 valence electrons. The summed E-state index contributed by atoms with van der Waals surface area (Å²) in [5.74, 6) is -0.881. The molecule has 6 heteroatoms. The van der Waals surface area contributed by atoms with E-state index in [0.717, 1.165) is 0 Å². The van der Waals surface area contributed by atoms with Gasteiger partial charge in [-0.3, -0.25) is 4.79 Å². The third kappa shape index (κ3) is 3.56. The fraction of sp³-hybridized carbons (Fsp3) is 0.300. The van der Waals surface area contributed by atoms with E-state index < -0.39 is 5.97 Å². The molecule has 1 rings (SSSR count). The first kappa shape index (κ1) is 12.0. The predicted octanol–water partition coefficient (Wildman–Crippen LogP) is 0.155. The Balaban J connectivity index is 2.60. The minimum absolute atomic E-state index is 0.214. The zero-order valence-corrected chi connectivity index (χ0v) is 8.90. The molecule has 0 radical (unpaired) electrons. The highest BCUT2D eigenvalue weighted by molar-refractivity contribution is 5.88. The van der Waals surface area contributed by atoms with E-state index in [1.807, 2.05) is 0 Å². The standard InChI is InChI=1S/C10H13N3O3/c1-16-10(15)8-6-7(2-4-13-8)12-5-3-9(11)14/h2,4,6H,3,5H2,1H3,(H2,11,14)(H,12,13). The van der Waals surface area contributed by atoms with Crippen molar-refractivity contribution in [1.82, 2.24) is 4.98 Å². The van der Waals surface area contributed by atoms with Crippen LogP contribution in [0.15, 0.2) is 18.3 Å². The number of hydrogen-bond acceptors (Lipinski definition) is 5. The maximum absolute atomic E-state index is 11.2. The summed E-state index contributed by atoms with van der Waals surface area (Å²) >= 11 is 0. The van der Waals surface area contributed by atoms with E-state index in [1.54, 1.807) is 12.1 Å². The molecule has 1 amide bonds. The lowest BCUT2D eigenvalue weighted by Gasteiger charge is -2.05. The van der Waals surface area contributed by atoms with E-state index in [-0.39, 0.29) is 18.0 Å². The largest absolute Gasteiger partial charge is 0.464 e. The number of carbonyl (C=O) groups is 2. The summed E-state index contributed by atoms with van der Waals surface area (Å²) < 4.78 is 4.53. The van der Waals surface area contributed by atoms with Crippen molar-refractivity contribution < 1.29 is 14.3 Å². The molecule has 0 aliphatic carbocycles. The van der Waals surface area contributed by atoms with Crippen LogP contribution in [0.25, 0.3) is 0 Å². The van der Waals surface area contributed by atoms with Gasteiger partial charge in [-0.1, -0.05) is 0 Å². The molecule has 0 saturated heterocycles. The highest BCUT2D eigenvalue weighted by atomic mass is 16.5. The van der Waals surface area contributed by atoms with Crippen molar-refractivity contribution >= 4 is 17.6 Å². The second-order valence-corrected chi connectivity index (χ2v) is 3.06.